The number of ether oxygens (including phenoxy) is 1. The van der Waals surface area contributed by atoms with Crippen LogP contribution < -0.4 is 0 Å². The van der Waals surface area contributed by atoms with E-state index in [4.69, 9.17) is 0 Å². The minimum atomic E-state index is -0.221. The van der Waals surface area contributed by atoms with E-state index in [1.165, 1.54) is 7.11 Å². The highest BCUT2D eigenvalue weighted by Crippen LogP contribution is 1.96. The van der Waals surface area contributed by atoms with Gasteiger partial charge in [-0.2, -0.15) is 0 Å². The van der Waals surface area contributed by atoms with E-state index >= 15 is 0 Å². The Morgan fingerprint density at radius 2 is 2.30 bits per heavy atom. The summed E-state index contributed by atoms with van der Waals surface area (Å²) in [6, 6.07) is 0. The van der Waals surface area contributed by atoms with Gasteiger partial charge in [-0.15, -0.1) is 0 Å². The summed E-state index contributed by atoms with van der Waals surface area (Å²) in [5, 5.41) is 0. The lowest BCUT2D eigenvalue weighted by Crippen LogP contribution is -1.97. The van der Waals surface area contributed by atoms with E-state index in [-0.39, 0.29) is 5.97 Å². The fourth-order valence-corrected chi connectivity index (χ4v) is 0.411. The van der Waals surface area contributed by atoms with Crippen molar-refractivity contribution in [3.8, 4) is 0 Å². The highest BCUT2D eigenvalue weighted by molar-refractivity contribution is 5.71. The van der Waals surface area contributed by atoms with Crippen LogP contribution in [-0.2, 0) is 9.53 Å². The molecule has 0 saturated heterocycles. The second-order valence-corrected chi connectivity index (χ2v) is 1.93. The van der Waals surface area contributed by atoms with Crippen LogP contribution in [0.15, 0.2) is 24.3 Å². The van der Waals surface area contributed by atoms with Crippen molar-refractivity contribution in [1.29, 1.82) is 0 Å². The first-order valence-corrected chi connectivity index (χ1v) is 3.06. The van der Waals surface area contributed by atoms with Crippen LogP contribution >= 0.6 is 0 Å². The van der Waals surface area contributed by atoms with E-state index in [9.17, 15) is 4.79 Å². The Bertz CT molecular complexity index is 157. The maximum atomic E-state index is 10.5. The number of carbonyl (C=O) groups excluding carboxylic acids is 1. The van der Waals surface area contributed by atoms with Gasteiger partial charge in [0.15, 0.2) is 0 Å². The maximum Gasteiger partial charge on any atom is 0.309 e. The number of rotatable bonds is 3. The molecule has 10 heavy (non-hydrogen) atoms. The van der Waals surface area contributed by atoms with Crippen molar-refractivity contribution in [2.24, 2.45) is 0 Å². The fourth-order valence-electron chi connectivity index (χ4n) is 0.411. The van der Waals surface area contributed by atoms with Gasteiger partial charge < -0.3 is 4.74 Å². The second-order valence-electron chi connectivity index (χ2n) is 1.93. The lowest BCUT2D eigenvalue weighted by molar-refractivity contribution is -0.139. The average molecular weight is 140 g/mol. The number of methoxy groups -OCH3 is 1. The van der Waals surface area contributed by atoms with Gasteiger partial charge >= 0.3 is 5.97 Å². The van der Waals surface area contributed by atoms with E-state index in [0.29, 0.717) is 6.42 Å². The molecule has 2 heteroatoms. The van der Waals surface area contributed by atoms with Gasteiger partial charge in [-0.05, 0) is 6.92 Å². The summed E-state index contributed by atoms with van der Waals surface area (Å²) in [6.45, 7) is 5.43. The Labute approximate surface area is 61.2 Å². The topological polar surface area (TPSA) is 26.3 Å². The summed E-state index contributed by atoms with van der Waals surface area (Å²) in [5.41, 5.74) is 0.991. The highest BCUT2D eigenvalue weighted by atomic mass is 16.5. The number of esters is 1. The molecule has 0 rings (SSSR count). The molecule has 0 unspecified atom stereocenters. The minimum absolute atomic E-state index is 0.221. The van der Waals surface area contributed by atoms with Crippen molar-refractivity contribution < 1.29 is 9.53 Å². The lowest BCUT2D eigenvalue weighted by atomic mass is 10.2. The van der Waals surface area contributed by atoms with Crippen LogP contribution in [0.25, 0.3) is 0 Å². The molecule has 0 atom stereocenters. The van der Waals surface area contributed by atoms with E-state index in [2.05, 4.69) is 11.3 Å². The Morgan fingerprint density at radius 3 is 2.70 bits per heavy atom. The largest absolute Gasteiger partial charge is 0.469 e. The van der Waals surface area contributed by atoms with Crippen molar-refractivity contribution >= 4 is 5.97 Å². The third-order valence-corrected chi connectivity index (χ3v) is 1.14. The summed E-state index contributed by atoms with van der Waals surface area (Å²) in [4.78, 5) is 10.5. The molecular formula is C8H12O2. The lowest BCUT2D eigenvalue weighted by Gasteiger charge is -1.92. The molecule has 0 amide bonds. The number of hydrogen-bond acceptors (Lipinski definition) is 2. The predicted molar refractivity (Wildman–Crippen MR) is 40.6 cm³/mol. The maximum absolute atomic E-state index is 10.5. The molecule has 2 nitrogen and oxygen atoms in total. The highest BCUT2D eigenvalue weighted by Gasteiger charge is 1.93. The summed E-state index contributed by atoms with van der Waals surface area (Å²) in [5.74, 6) is -0.221. The minimum Gasteiger partial charge on any atom is -0.469 e. The van der Waals surface area contributed by atoms with E-state index in [1.54, 1.807) is 12.2 Å². The molecule has 0 aliphatic rings. The Morgan fingerprint density at radius 1 is 1.70 bits per heavy atom. The molecule has 56 valence electrons. The second kappa shape index (κ2) is 4.79. The molecule has 0 radical (unpaired) electrons. The molecule has 0 aliphatic carbocycles. The quantitative estimate of drug-likeness (QED) is 0.440. The molecule has 0 fully saturated rings. The van der Waals surface area contributed by atoms with Gasteiger partial charge in [0.25, 0.3) is 0 Å². The number of hydrogen-bond donors (Lipinski definition) is 0. The van der Waals surface area contributed by atoms with E-state index < -0.39 is 0 Å². The molecule has 0 aliphatic heterocycles. The molecule has 0 aromatic carbocycles. The van der Waals surface area contributed by atoms with Gasteiger partial charge in [-0.25, -0.2) is 0 Å². The summed E-state index contributed by atoms with van der Waals surface area (Å²) in [7, 11) is 1.37. The van der Waals surface area contributed by atoms with Gasteiger partial charge in [0.05, 0.1) is 13.5 Å². The first-order valence-electron chi connectivity index (χ1n) is 3.06. The van der Waals surface area contributed by atoms with Gasteiger partial charge in [0, 0.05) is 0 Å². The van der Waals surface area contributed by atoms with Crippen molar-refractivity contribution in [3.63, 3.8) is 0 Å². The van der Waals surface area contributed by atoms with Crippen LogP contribution in [0.5, 0.6) is 0 Å². The molecule has 0 aromatic heterocycles. The van der Waals surface area contributed by atoms with E-state index in [0.717, 1.165) is 5.57 Å². The Kier molecular flexibility index (Phi) is 4.29. The first kappa shape index (κ1) is 8.95. The molecule has 0 heterocycles. The normalized spacial score (nSPS) is 10.8. The molecule has 0 spiro atoms. The van der Waals surface area contributed by atoms with Crippen molar-refractivity contribution in [3.05, 3.63) is 24.3 Å². The number of carbonyl (C=O) groups is 1. The van der Waals surface area contributed by atoms with Crippen LogP contribution in [0.1, 0.15) is 13.3 Å². The van der Waals surface area contributed by atoms with Gasteiger partial charge in [0.1, 0.15) is 0 Å². The molecule has 0 saturated carbocycles. The van der Waals surface area contributed by atoms with Crippen LogP contribution in [0.4, 0.5) is 0 Å². The SMILES string of the molecule is C=C/C(C)=C/CC(=O)OC. The Hall–Kier alpha value is -1.05. The zero-order valence-corrected chi connectivity index (χ0v) is 6.39. The summed E-state index contributed by atoms with van der Waals surface area (Å²) in [6.07, 6.45) is 3.80. The smallest absolute Gasteiger partial charge is 0.309 e. The fraction of sp³-hybridized carbons (Fsp3) is 0.375. The van der Waals surface area contributed by atoms with Crippen LogP contribution in [0.2, 0.25) is 0 Å². The number of allylic oxidation sites excluding steroid dienone is 2. The monoisotopic (exact) mass is 140 g/mol. The van der Waals surface area contributed by atoms with Gasteiger partial charge in [-0.1, -0.05) is 24.3 Å². The van der Waals surface area contributed by atoms with Crippen molar-refractivity contribution in [2.45, 2.75) is 13.3 Å². The van der Waals surface area contributed by atoms with Gasteiger partial charge in [-0.3, -0.25) is 4.79 Å². The standard InChI is InChI=1S/C8H12O2/c1-4-7(2)5-6-8(9)10-3/h4-5H,1,6H2,2-3H3/b7-5+. The summed E-state index contributed by atoms with van der Waals surface area (Å²) < 4.78 is 4.43. The zero-order chi connectivity index (χ0) is 7.98. The first-order chi connectivity index (χ1) is 4.70. The third kappa shape index (κ3) is 3.89. The molecule has 0 bridgehead atoms. The van der Waals surface area contributed by atoms with Crippen LogP contribution in [0, 0.1) is 0 Å². The van der Waals surface area contributed by atoms with Crippen LogP contribution in [0.3, 0.4) is 0 Å². The van der Waals surface area contributed by atoms with Crippen molar-refractivity contribution in [1.82, 2.24) is 0 Å². The average Bonchev–Trinajstić information content (AvgIpc) is 1.99. The zero-order valence-electron chi connectivity index (χ0n) is 6.39. The molecule has 0 aromatic rings. The molecular weight excluding hydrogens is 128 g/mol. The van der Waals surface area contributed by atoms with Crippen LogP contribution in [-0.4, -0.2) is 13.1 Å². The predicted octanol–water partition coefficient (Wildman–Crippen LogP) is 1.68. The van der Waals surface area contributed by atoms with Gasteiger partial charge in [0.2, 0.25) is 0 Å². The molecule has 0 N–H and O–H groups in total. The Balaban J connectivity index is 3.71. The summed E-state index contributed by atoms with van der Waals surface area (Å²) >= 11 is 0. The third-order valence-electron chi connectivity index (χ3n) is 1.14. The van der Waals surface area contributed by atoms with E-state index in [1.807, 2.05) is 6.92 Å². The van der Waals surface area contributed by atoms with Crippen molar-refractivity contribution in [2.75, 3.05) is 7.11 Å².